The summed E-state index contributed by atoms with van der Waals surface area (Å²) in [5.41, 5.74) is 9.68. The van der Waals surface area contributed by atoms with Crippen molar-refractivity contribution in [2.45, 2.75) is 89.1 Å². The van der Waals surface area contributed by atoms with Crippen LogP contribution in [0.5, 0.6) is 0 Å². The summed E-state index contributed by atoms with van der Waals surface area (Å²) in [7, 11) is 0. The maximum Gasteiger partial charge on any atom is 0.407 e. The van der Waals surface area contributed by atoms with Crippen LogP contribution in [-0.2, 0) is 23.8 Å². The molecule has 0 saturated heterocycles. The second-order valence-electron chi connectivity index (χ2n) is 10.1. The number of hydrogen-bond donors (Lipinski definition) is 7. The molecule has 0 aromatic rings. The predicted molar refractivity (Wildman–Crippen MR) is 147 cm³/mol. The van der Waals surface area contributed by atoms with E-state index >= 15 is 0 Å². The Morgan fingerprint density at radius 2 is 1.82 bits per heavy atom. The van der Waals surface area contributed by atoms with Crippen molar-refractivity contribution in [3.8, 4) is 0 Å². The highest BCUT2D eigenvalue weighted by Gasteiger charge is 2.44. The molecule has 0 saturated carbocycles. The van der Waals surface area contributed by atoms with Crippen molar-refractivity contribution in [1.29, 1.82) is 0 Å². The number of nitrogens with one attached hydrogen (secondary N) is 2. The van der Waals surface area contributed by atoms with Crippen LogP contribution in [0, 0.1) is 0 Å². The lowest BCUT2D eigenvalue weighted by Crippen LogP contribution is -2.60. The summed E-state index contributed by atoms with van der Waals surface area (Å²) in [6.45, 7) is 8.48. The molecule has 38 heavy (non-hydrogen) atoms. The molecule has 9 N–H and O–H groups in total. The Hall–Kier alpha value is -2.37. The Bertz CT molecular complexity index is 893. The van der Waals surface area contributed by atoms with Gasteiger partial charge in [0.2, 0.25) is 11.7 Å². The van der Waals surface area contributed by atoms with Gasteiger partial charge in [-0.05, 0) is 40.2 Å². The molecule has 15 heteroatoms. The fourth-order valence-corrected chi connectivity index (χ4v) is 4.85. The molecule has 0 spiro atoms. The number of amides is 2. The Balaban J connectivity index is 2.83. The largest absolute Gasteiger partial charge is 0.478 e. The monoisotopic (exact) mass is 657 g/mol. The molecule has 0 aromatic carbocycles. The second-order valence-corrected chi connectivity index (χ2v) is 11.2. The van der Waals surface area contributed by atoms with Gasteiger partial charge in [-0.15, -0.1) is 0 Å². The van der Waals surface area contributed by atoms with Gasteiger partial charge >= 0.3 is 12.1 Å². The van der Waals surface area contributed by atoms with E-state index in [4.69, 9.17) is 25.7 Å². The number of nitrogens with zero attached hydrogens (tertiary/aromatic N) is 1. The van der Waals surface area contributed by atoms with Crippen LogP contribution in [0.2, 0.25) is 0 Å². The Morgan fingerprint density at radius 3 is 2.34 bits per heavy atom. The molecule has 0 fully saturated rings. The van der Waals surface area contributed by atoms with Gasteiger partial charge < -0.3 is 51.6 Å². The van der Waals surface area contributed by atoms with E-state index in [1.54, 1.807) is 13.8 Å². The van der Waals surface area contributed by atoms with Gasteiger partial charge in [-0.3, -0.25) is 4.79 Å². The number of carbonyl (C=O) groups is 3. The summed E-state index contributed by atoms with van der Waals surface area (Å²) in [5, 5.41) is 35.6. The number of hydrogen-bond acceptors (Lipinski definition) is 9. The van der Waals surface area contributed by atoms with Crippen LogP contribution in [0.25, 0.3) is 0 Å². The molecule has 0 aromatic heterocycles. The van der Waals surface area contributed by atoms with Gasteiger partial charge in [-0.1, -0.05) is 22.6 Å². The lowest BCUT2D eigenvalue weighted by molar-refractivity contribution is -0.144. The van der Waals surface area contributed by atoms with E-state index in [2.05, 4.69) is 38.2 Å². The first kappa shape index (κ1) is 33.7. The summed E-state index contributed by atoms with van der Waals surface area (Å²) in [6.07, 6.45) is -3.37. The van der Waals surface area contributed by atoms with Crippen molar-refractivity contribution in [2.75, 3.05) is 17.6 Å². The standard InChI is InChI=1S/C23H40IN5O9/c1-12(30)28-16-13(29-20(25)26)10-15(19(33)34)37-18(16)17(32)14(31)11-27-21(35)38-23(4,5)7-9-36-22(2,3)6-8-24/h10,13-14,16-18,31-32H,6-9,11H2,1-5H3,(H,27,35)(H,28,30)(H,33,34)(H4,25,26,29)/t13-,14+,16+,17+,18+/m0/s1. The van der Waals surface area contributed by atoms with Crippen molar-refractivity contribution in [3.63, 3.8) is 0 Å². The normalized spacial score (nSPS) is 21.3. The molecule has 0 radical (unpaired) electrons. The minimum atomic E-state index is -1.77. The van der Waals surface area contributed by atoms with Crippen molar-refractivity contribution >= 4 is 46.5 Å². The van der Waals surface area contributed by atoms with Crippen molar-refractivity contribution in [3.05, 3.63) is 11.8 Å². The average molecular weight is 658 g/mol. The number of carbonyl (C=O) groups excluding carboxylic acids is 2. The van der Waals surface area contributed by atoms with Gasteiger partial charge in [0.05, 0.1) is 24.3 Å². The molecule has 1 aliphatic rings. The number of guanidine groups is 1. The van der Waals surface area contributed by atoms with Gasteiger partial charge in [0, 0.05) is 24.3 Å². The fraction of sp³-hybridized carbons (Fsp3) is 0.739. The molecule has 1 rings (SSSR count). The molecule has 14 nitrogen and oxygen atoms in total. The smallest absolute Gasteiger partial charge is 0.407 e. The Kier molecular flexibility index (Phi) is 13.0. The summed E-state index contributed by atoms with van der Waals surface area (Å²) in [4.78, 5) is 39.6. The quantitative estimate of drug-likeness (QED) is 0.0557. The third kappa shape index (κ3) is 11.6. The zero-order chi connectivity index (χ0) is 29.3. The minimum Gasteiger partial charge on any atom is -0.478 e. The third-order valence-corrected chi connectivity index (χ3v) is 6.17. The second kappa shape index (κ2) is 14.7. The maximum absolute atomic E-state index is 12.4. The molecule has 2 amide bonds. The molecular weight excluding hydrogens is 617 g/mol. The lowest BCUT2D eigenvalue weighted by Gasteiger charge is -2.38. The van der Waals surface area contributed by atoms with Crippen LogP contribution in [-0.4, -0.2) is 98.4 Å². The molecule has 0 aliphatic carbocycles. The first-order valence-electron chi connectivity index (χ1n) is 12.0. The van der Waals surface area contributed by atoms with Gasteiger partial charge in [0.15, 0.2) is 5.96 Å². The van der Waals surface area contributed by atoms with Crippen LogP contribution >= 0.6 is 22.6 Å². The number of aliphatic carboxylic acids is 1. The maximum atomic E-state index is 12.4. The first-order valence-corrected chi connectivity index (χ1v) is 13.5. The molecule has 218 valence electrons. The summed E-state index contributed by atoms with van der Waals surface area (Å²) < 4.78 is 17.6. The van der Waals surface area contributed by atoms with E-state index < -0.39 is 72.2 Å². The molecule has 1 heterocycles. The highest BCUT2D eigenvalue weighted by molar-refractivity contribution is 14.1. The zero-order valence-corrected chi connectivity index (χ0v) is 24.4. The van der Waals surface area contributed by atoms with E-state index in [1.165, 1.54) is 6.92 Å². The number of nitrogens with two attached hydrogens (primary N) is 2. The molecule has 0 unspecified atom stereocenters. The Labute approximate surface area is 235 Å². The lowest BCUT2D eigenvalue weighted by atomic mass is 9.92. The number of aliphatic imine (C=N–C) groups is 1. The minimum absolute atomic E-state index is 0.300. The number of aliphatic hydroxyl groups excluding tert-OH is 2. The SMILES string of the molecule is CC(=O)N[C@H]1[C@H]([C@H](O)[C@H](O)CNC(=O)OC(C)(C)CCOC(C)(C)CCI)OC(C(=O)O)=C[C@@H]1N=C(N)N. The highest BCUT2D eigenvalue weighted by Crippen LogP contribution is 2.25. The van der Waals surface area contributed by atoms with Crippen LogP contribution in [0.1, 0.15) is 47.5 Å². The van der Waals surface area contributed by atoms with Gasteiger partial charge in [0.1, 0.15) is 23.9 Å². The molecule has 5 atom stereocenters. The number of aliphatic hydroxyl groups is 2. The van der Waals surface area contributed by atoms with Gasteiger partial charge in [-0.25, -0.2) is 14.6 Å². The van der Waals surface area contributed by atoms with E-state index in [0.717, 1.165) is 16.9 Å². The topological polar surface area (TPSA) is 228 Å². The number of alkyl halides is 1. The summed E-state index contributed by atoms with van der Waals surface area (Å²) in [5.74, 6) is -3.00. The Morgan fingerprint density at radius 1 is 1.18 bits per heavy atom. The predicted octanol–water partition coefficient (Wildman–Crippen LogP) is -0.263. The number of ether oxygens (including phenoxy) is 3. The third-order valence-electron chi connectivity index (χ3n) is 5.63. The number of carboxylic acid groups (broad SMARTS) is 1. The molecule has 0 bridgehead atoms. The molecule has 1 aliphatic heterocycles. The highest BCUT2D eigenvalue weighted by atomic mass is 127. The van der Waals surface area contributed by atoms with Crippen molar-refractivity contribution < 1.29 is 43.9 Å². The van der Waals surface area contributed by atoms with Gasteiger partial charge in [0.25, 0.3) is 0 Å². The van der Waals surface area contributed by atoms with E-state index in [-0.39, 0.29) is 5.60 Å². The van der Waals surface area contributed by atoms with E-state index in [9.17, 15) is 29.7 Å². The van der Waals surface area contributed by atoms with Crippen LogP contribution in [0.15, 0.2) is 16.8 Å². The van der Waals surface area contributed by atoms with E-state index in [1.807, 2.05) is 13.8 Å². The average Bonchev–Trinajstić information content (AvgIpc) is 2.76. The van der Waals surface area contributed by atoms with Gasteiger partial charge in [-0.2, -0.15) is 0 Å². The number of carboxylic acids is 1. The molecular formula is C23H40IN5O9. The van der Waals surface area contributed by atoms with Crippen LogP contribution in [0.4, 0.5) is 4.79 Å². The van der Waals surface area contributed by atoms with Crippen molar-refractivity contribution in [2.24, 2.45) is 16.5 Å². The number of alkyl carbamates (subject to hydrolysis) is 1. The first-order chi connectivity index (χ1) is 17.5. The van der Waals surface area contributed by atoms with E-state index in [0.29, 0.717) is 13.0 Å². The van der Waals surface area contributed by atoms with Crippen LogP contribution < -0.4 is 22.1 Å². The zero-order valence-electron chi connectivity index (χ0n) is 22.3. The fourth-order valence-electron chi connectivity index (χ4n) is 3.55. The summed E-state index contributed by atoms with van der Waals surface area (Å²) >= 11 is 2.28. The number of halogens is 1. The number of rotatable bonds is 14. The van der Waals surface area contributed by atoms with Crippen molar-refractivity contribution in [1.82, 2.24) is 10.6 Å². The van der Waals surface area contributed by atoms with Crippen LogP contribution in [0.3, 0.4) is 0 Å². The summed E-state index contributed by atoms with van der Waals surface area (Å²) in [6, 6.07) is -2.25.